The number of esters is 1. The topological polar surface area (TPSA) is 77.4 Å². The number of para-hydroxylation sites is 1. The summed E-state index contributed by atoms with van der Waals surface area (Å²) in [5.74, 6) is 0.323. The number of hydrogen-bond acceptors (Lipinski definition) is 7. The van der Waals surface area contributed by atoms with Gasteiger partial charge in [0, 0.05) is 6.54 Å². The number of carbonyl (C=O) groups excluding carboxylic acids is 2. The number of hydrogen-bond donors (Lipinski definition) is 0. The number of halogens is 1. The van der Waals surface area contributed by atoms with E-state index in [0.29, 0.717) is 39.2 Å². The van der Waals surface area contributed by atoms with Gasteiger partial charge in [-0.2, -0.15) is 0 Å². The first-order chi connectivity index (χ1) is 16.5. The molecule has 0 aromatic heterocycles. The van der Waals surface area contributed by atoms with Crippen molar-refractivity contribution in [3.63, 3.8) is 0 Å². The summed E-state index contributed by atoms with van der Waals surface area (Å²) in [6, 6.07) is 13.2. The van der Waals surface area contributed by atoms with Crippen LogP contribution in [0.1, 0.15) is 32.8 Å². The summed E-state index contributed by atoms with van der Waals surface area (Å²) in [5.41, 5.74) is 1.55. The lowest BCUT2D eigenvalue weighted by molar-refractivity contribution is -0.145. The Bertz CT molecular complexity index is 1090. The largest absolute Gasteiger partial charge is 0.490 e. The molecule has 2 aromatic carbocycles. The Morgan fingerprint density at radius 1 is 1.12 bits per heavy atom. The highest BCUT2D eigenvalue weighted by molar-refractivity contribution is 9.10. The molecule has 0 aliphatic carbocycles. The third kappa shape index (κ3) is 6.64. The van der Waals surface area contributed by atoms with E-state index in [0.717, 1.165) is 17.7 Å². The SMILES string of the molecule is CCCN1C(=O)/C(=C\c2cc(Br)c(OCC(=O)OCC)c(OCC)c2)SC1=Nc1ccccc1. The molecule has 7 nitrogen and oxygen atoms in total. The summed E-state index contributed by atoms with van der Waals surface area (Å²) in [6.07, 6.45) is 2.63. The Morgan fingerprint density at radius 2 is 1.88 bits per heavy atom. The summed E-state index contributed by atoms with van der Waals surface area (Å²) in [4.78, 5) is 31.8. The molecule has 34 heavy (non-hydrogen) atoms. The predicted molar refractivity (Wildman–Crippen MR) is 139 cm³/mol. The van der Waals surface area contributed by atoms with Crippen LogP contribution >= 0.6 is 27.7 Å². The lowest BCUT2D eigenvalue weighted by Crippen LogP contribution is -2.29. The van der Waals surface area contributed by atoms with Gasteiger partial charge in [-0.15, -0.1) is 0 Å². The normalized spacial score (nSPS) is 15.8. The summed E-state index contributed by atoms with van der Waals surface area (Å²) in [7, 11) is 0. The Labute approximate surface area is 212 Å². The van der Waals surface area contributed by atoms with Gasteiger partial charge < -0.3 is 14.2 Å². The summed E-state index contributed by atoms with van der Waals surface area (Å²) < 4.78 is 16.9. The molecule has 1 amide bonds. The lowest BCUT2D eigenvalue weighted by atomic mass is 10.2. The number of ether oxygens (including phenoxy) is 3. The summed E-state index contributed by atoms with van der Waals surface area (Å²) in [5, 5.41) is 0.655. The Balaban J connectivity index is 1.90. The fraction of sp³-hybridized carbons (Fsp3) is 0.320. The quantitative estimate of drug-likeness (QED) is 0.276. The van der Waals surface area contributed by atoms with Crippen LogP contribution in [0.4, 0.5) is 5.69 Å². The van der Waals surface area contributed by atoms with Gasteiger partial charge in [0.15, 0.2) is 23.3 Å². The number of thioether (sulfide) groups is 1. The maximum absolute atomic E-state index is 13.1. The molecule has 1 aliphatic rings. The van der Waals surface area contributed by atoms with Crippen molar-refractivity contribution in [2.24, 2.45) is 4.99 Å². The highest BCUT2D eigenvalue weighted by Gasteiger charge is 2.33. The molecule has 0 saturated carbocycles. The van der Waals surface area contributed by atoms with E-state index >= 15 is 0 Å². The smallest absolute Gasteiger partial charge is 0.344 e. The van der Waals surface area contributed by atoms with Gasteiger partial charge in [0.2, 0.25) is 0 Å². The first-order valence-corrected chi connectivity index (χ1v) is 12.7. The van der Waals surface area contributed by atoms with Crippen LogP contribution in [0.5, 0.6) is 11.5 Å². The van der Waals surface area contributed by atoms with Crippen molar-refractivity contribution in [2.75, 3.05) is 26.4 Å². The molecular formula is C25H27BrN2O5S. The van der Waals surface area contributed by atoms with E-state index in [4.69, 9.17) is 14.2 Å². The second-order valence-corrected chi connectivity index (χ2v) is 9.02. The third-order valence-electron chi connectivity index (χ3n) is 4.59. The van der Waals surface area contributed by atoms with E-state index in [1.54, 1.807) is 17.9 Å². The van der Waals surface area contributed by atoms with Gasteiger partial charge >= 0.3 is 5.97 Å². The van der Waals surface area contributed by atoms with E-state index in [2.05, 4.69) is 20.9 Å². The van der Waals surface area contributed by atoms with E-state index in [1.165, 1.54) is 11.8 Å². The predicted octanol–water partition coefficient (Wildman–Crippen LogP) is 5.80. The van der Waals surface area contributed by atoms with Gasteiger partial charge in [0.25, 0.3) is 5.91 Å². The maximum atomic E-state index is 13.1. The number of aliphatic imine (C=N–C) groups is 1. The van der Waals surface area contributed by atoms with Crippen LogP contribution in [0.25, 0.3) is 6.08 Å². The average molecular weight is 547 g/mol. The van der Waals surface area contributed by atoms with E-state index in [-0.39, 0.29) is 19.1 Å². The van der Waals surface area contributed by atoms with Crippen LogP contribution in [0.15, 0.2) is 56.8 Å². The number of amidine groups is 1. The second kappa shape index (κ2) is 12.6. The van der Waals surface area contributed by atoms with Crippen LogP contribution in [-0.2, 0) is 14.3 Å². The number of amides is 1. The molecule has 0 atom stereocenters. The van der Waals surface area contributed by atoms with Crippen molar-refractivity contribution in [1.82, 2.24) is 4.90 Å². The van der Waals surface area contributed by atoms with Gasteiger partial charge in [-0.1, -0.05) is 25.1 Å². The van der Waals surface area contributed by atoms with Crippen molar-refractivity contribution in [2.45, 2.75) is 27.2 Å². The zero-order valence-electron chi connectivity index (χ0n) is 19.4. The van der Waals surface area contributed by atoms with Crippen LogP contribution in [0.3, 0.4) is 0 Å². The molecule has 1 aliphatic heterocycles. The van der Waals surface area contributed by atoms with Crippen molar-refractivity contribution in [3.8, 4) is 11.5 Å². The van der Waals surface area contributed by atoms with Gasteiger partial charge in [-0.3, -0.25) is 9.69 Å². The van der Waals surface area contributed by atoms with Gasteiger partial charge in [-0.05, 0) is 83.9 Å². The summed E-state index contributed by atoms with van der Waals surface area (Å²) in [6.45, 7) is 6.68. The average Bonchev–Trinajstić information content (AvgIpc) is 3.09. The molecule has 0 radical (unpaired) electrons. The fourth-order valence-corrected chi connectivity index (χ4v) is 4.78. The number of benzene rings is 2. The van der Waals surface area contributed by atoms with Crippen molar-refractivity contribution >= 4 is 56.5 Å². The van der Waals surface area contributed by atoms with Gasteiger partial charge in [-0.25, -0.2) is 9.79 Å². The Kier molecular flexibility index (Phi) is 9.59. The van der Waals surface area contributed by atoms with E-state index in [1.807, 2.05) is 56.3 Å². The lowest BCUT2D eigenvalue weighted by Gasteiger charge is -2.14. The van der Waals surface area contributed by atoms with E-state index < -0.39 is 5.97 Å². The molecule has 3 rings (SSSR count). The van der Waals surface area contributed by atoms with Crippen molar-refractivity contribution < 1.29 is 23.8 Å². The minimum Gasteiger partial charge on any atom is -0.490 e. The number of rotatable bonds is 10. The fourth-order valence-electron chi connectivity index (χ4n) is 3.18. The number of carbonyl (C=O) groups is 2. The molecule has 0 unspecified atom stereocenters. The van der Waals surface area contributed by atoms with Crippen molar-refractivity contribution in [3.05, 3.63) is 57.4 Å². The van der Waals surface area contributed by atoms with Crippen molar-refractivity contribution in [1.29, 1.82) is 0 Å². The van der Waals surface area contributed by atoms with E-state index in [9.17, 15) is 9.59 Å². The Morgan fingerprint density at radius 3 is 2.56 bits per heavy atom. The zero-order chi connectivity index (χ0) is 24.5. The molecule has 1 saturated heterocycles. The first kappa shape index (κ1) is 25.8. The number of nitrogens with zero attached hydrogens (tertiary/aromatic N) is 2. The maximum Gasteiger partial charge on any atom is 0.344 e. The summed E-state index contributed by atoms with van der Waals surface area (Å²) >= 11 is 4.85. The molecule has 1 fully saturated rings. The van der Waals surface area contributed by atoms with Gasteiger partial charge in [0.1, 0.15) is 0 Å². The minimum absolute atomic E-state index is 0.0850. The highest BCUT2D eigenvalue weighted by Crippen LogP contribution is 2.39. The molecule has 0 bridgehead atoms. The molecule has 180 valence electrons. The minimum atomic E-state index is -0.461. The second-order valence-electron chi connectivity index (χ2n) is 7.15. The first-order valence-electron chi connectivity index (χ1n) is 11.1. The van der Waals surface area contributed by atoms with Gasteiger partial charge in [0.05, 0.1) is 28.3 Å². The molecule has 2 aromatic rings. The van der Waals surface area contributed by atoms with Crippen LogP contribution in [0.2, 0.25) is 0 Å². The third-order valence-corrected chi connectivity index (χ3v) is 6.18. The Hall–Kier alpha value is -2.78. The molecule has 1 heterocycles. The molecular weight excluding hydrogens is 520 g/mol. The molecule has 9 heteroatoms. The zero-order valence-corrected chi connectivity index (χ0v) is 21.8. The molecule has 0 N–H and O–H groups in total. The standard InChI is InChI=1S/C25H27BrN2O5S/c1-4-12-28-24(30)21(34-25(28)27-18-10-8-7-9-11-18)15-17-13-19(26)23(20(14-17)31-5-2)33-16-22(29)32-6-3/h7-11,13-15H,4-6,12,16H2,1-3H3/b21-15+,27-25?. The highest BCUT2D eigenvalue weighted by atomic mass is 79.9. The van der Waals surface area contributed by atoms with Crippen LogP contribution in [-0.4, -0.2) is 48.3 Å². The molecule has 0 spiro atoms. The van der Waals surface area contributed by atoms with Crippen LogP contribution in [0, 0.1) is 0 Å². The van der Waals surface area contributed by atoms with Crippen LogP contribution < -0.4 is 9.47 Å². The monoisotopic (exact) mass is 546 g/mol.